The molecule has 1 atom stereocenters. The van der Waals surface area contributed by atoms with E-state index in [-0.39, 0.29) is 28.7 Å². The van der Waals surface area contributed by atoms with Crippen LogP contribution in [0.25, 0.3) is 39.2 Å². The molecule has 0 radical (unpaired) electrons. The van der Waals surface area contributed by atoms with Gasteiger partial charge in [-0.25, -0.2) is 24.2 Å². The Balaban J connectivity index is 1.19. The third-order valence-electron chi connectivity index (χ3n) is 8.01. The minimum absolute atomic E-state index is 0.128. The number of H-pyrrole nitrogens is 3. The van der Waals surface area contributed by atoms with Gasteiger partial charge in [0.05, 0.1) is 11.8 Å². The molecule has 5 N–H and O–H groups in total. The van der Waals surface area contributed by atoms with E-state index in [4.69, 9.17) is 0 Å². The molecule has 1 aliphatic heterocycles. The normalized spacial score (nSPS) is 14.8. The molecule has 3 aromatic carbocycles. The van der Waals surface area contributed by atoms with Crippen molar-refractivity contribution in [2.24, 2.45) is 0 Å². The van der Waals surface area contributed by atoms with Crippen LogP contribution in [0.3, 0.4) is 0 Å². The SMILES string of the molecule is N#Cc1nn(-c2cccc(-c3nc(=O)[nH][nH]3)c2)c2c(=O)n(C(=O)Nc3ccc(-c4ccccc4CN4CCC(O)C4)cc3)c(=O)[nH]c12. The van der Waals surface area contributed by atoms with Gasteiger partial charge in [0.1, 0.15) is 11.6 Å². The van der Waals surface area contributed by atoms with Crippen molar-refractivity contribution in [3.05, 3.63) is 115 Å². The summed E-state index contributed by atoms with van der Waals surface area (Å²) in [6.07, 6.45) is 0.436. The van der Waals surface area contributed by atoms with Crippen molar-refractivity contribution in [2.75, 3.05) is 18.4 Å². The summed E-state index contributed by atoms with van der Waals surface area (Å²) in [6, 6.07) is 22.3. The molecule has 1 saturated heterocycles. The molecule has 0 bridgehead atoms. The van der Waals surface area contributed by atoms with Gasteiger partial charge in [-0.2, -0.15) is 19.9 Å². The van der Waals surface area contributed by atoms with Crippen LogP contribution >= 0.6 is 0 Å². The average Bonchev–Trinajstić information content (AvgIpc) is 3.80. The number of carbonyl (C=O) groups is 1. The fraction of sp³-hybridized carbons (Fsp3) is 0.156. The lowest BCUT2D eigenvalue weighted by Crippen LogP contribution is -2.42. The average molecular weight is 631 g/mol. The zero-order valence-electron chi connectivity index (χ0n) is 24.6. The number of nitrogens with zero attached hydrogens (tertiary/aromatic N) is 6. The van der Waals surface area contributed by atoms with Crippen molar-refractivity contribution in [1.82, 2.24) is 39.4 Å². The van der Waals surface area contributed by atoms with Crippen molar-refractivity contribution in [2.45, 2.75) is 19.1 Å². The molecule has 1 fully saturated rings. The molecule has 3 aromatic heterocycles. The first-order chi connectivity index (χ1) is 22.8. The standard InChI is InChI=1S/C32H26N10O5/c33-15-25-26-27(42(39-25)22-6-3-5-19(14-22)28-36-30(45)38-37-28)29(44)41(32(47)35-26)31(46)34-21-10-8-18(9-11-21)24-7-2-1-4-20(24)16-40-13-12-23(43)17-40/h1-11,14,23,43H,12-13,16-17H2,(H,34,46)(H,35,47)(H2,36,37,38,45). The van der Waals surface area contributed by atoms with Gasteiger partial charge in [0.2, 0.25) is 0 Å². The number of benzene rings is 3. The molecule has 15 heteroatoms. The van der Waals surface area contributed by atoms with E-state index in [1.807, 2.05) is 42.5 Å². The van der Waals surface area contributed by atoms with Crippen molar-refractivity contribution < 1.29 is 9.90 Å². The van der Waals surface area contributed by atoms with E-state index in [2.05, 4.69) is 35.5 Å². The number of hydrogen-bond acceptors (Lipinski definition) is 9. The first-order valence-electron chi connectivity index (χ1n) is 14.6. The lowest BCUT2D eigenvalue weighted by Gasteiger charge is -2.18. The minimum Gasteiger partial charge on any atom is -0.392 e. The quantitative estimate of drug-likeness (QED) is 0.182. The molecule has 15 nitrogen and oxygen atoms in total. The van der Waals surface area contributed by atoms with Crippen molar-refractivity contribution >= 4 is 22.8 Å². The molecule has 0 spiro atoms. The molecular formula is C32H26N10O5. The summed E-state index contributed by atoms with van der Waals surface area (Å²) in [6.45, 7) is 2.14. The Morgan fingerprint density at radius 3 is 2.55 bits per heavy atom. The lowest BCUT2D eigenvalue weighted by molar-refractivity contribution is 0.175. The fourth-order valence-corrected chi connectivity index (χ4v) is 5.79. The Labute approximate surface area is 264 Å². The first kappa shape index (κ1) is 29.3. The maximum absolute atomic E-state index is 13.7. The smallest absolute Gasteiger partial charge is 0.361 e. The number of anilines is 1. The van der Waals surface area contributed by atoms with Gasteiger partial charge in [-0.05, 0) is 47.4 Å². The monoisotopic (exact) mass is 630 g/mol. The second kappa shape index (κ2) is 11.9. The Kier molecular flexibility index (Phi) is 7.40. The number of aromatic amines is 3. The van der Waals surface area contributed by atoms with Gasteiger partial charge in [0.15, 0.2) is 17.0 Å². The maximum Gasteiger partial charge on any atom is 0.361 e. The summed E-state index contributed by atoms with van der Waals surface area (Å²) < 4.78 is 1.56. The van der Waals surface area contributed by atoms with E-state index in [0.717, 1.165) is 34.3 Å². The number of hydrogen-bond donors (Lipinski definition) is 5. The Morgan fingerprint density at radius 1 is 1.02 bits per heavy atom. The van der Waals surface area contributed by atoms with E-state index in [1.165, 1.54) is 0 Å². The highest BCUT2D eigenvalue weighted by Crippen LogP contribution is 2.27. The Hall–Kier alpha value is -6.37. The largest absolute Gasteiger partial charge is 0.392 e. The number of aliphatic hydroxyl groups is 1. The molecule has 4 heterocycles. The summed E-state index contributed by atoms with van der Waals surface area (Å²) in [5.74, 6) is 0.236. The Bertz CT molecular complexity index is 2370. The number of likely N-dealkylation sites (tertiary alicyclic amines) is 1. The third kappa shape index (κ3) is 5.54. The number of amides is 1. The molecule has 47 heavy (non-hydrogen) atoms. The highest BCUT2D eigenvalue weighted by atomic mass is 16.3. The summed E-state index contributed by atoms with van der Waals surface area (Å²) in [5, 5.41) is 31.4. The van der Waals surface area contributed by atoms with E-state index in [1.54, 1.807) is 36.4 Å². The van der Waals surface area contributed by atoms with Crippen molar-refractivity contribution in [3.63, 3.8) is 0 Å². The van der Waals surface area contributed by atoms with Crippen LogP contribution in [-0.2, 0) is 6.54 Å². The topological polar surface area (TPSA) is 211 Å². The molecule has 1 aliphatic rings. The highest BCUT2D eigenvalue weighted by molar-refractivity contribution is 5.93. The van der Waals surface area contributed by atoms with Crippen LogP contribution in [0, 0.1) is 11.3 Å². The zero-order chi connectivity index (χ0) is 32.7. The first-order valence-corrected chi connectivity index (χ1v) is 14.6. The van der Waals surface area contributed by atoms with Gasteiger partial charge in [0.25, 0.3) is 5.56 Å². The second-order valence-corrected chi connectivity index (χ2v) is 11.1. The van der Waals surface area contributed by atoms with E-state index in [9.17, 15) is 29.5 Å². The van der Waals surface area contributed by atoms with Gasteiger partial charge < -0.3 is 15.4 Å². The number of rotatable bonds is 6. The molecule has 7 rings (SSSR count). The number of aliphatic hydroxyl groups excluding tert-OH is 1. The predicted octanol–water partition coefficient (Wildman–Crippen LogP) is 2.14. The molecule has 234 valence electrons. The highest BCUT2D eigenvalue weighted by Gasteiger charge is 2.23. The van der Waals surface area contributed by atoms with Gasteiger partial charge in [-0.3, -0.25) is 14.8 Å². The summed E-state index contributed by atoms with van der Waals surface area (Å²) >= 11 is 0. The van der Waals surface area contributed by atoms with Crippen LogP contribution in [-0.4, -0.2) is 69.7 Å². The van der Waals surface area contributed by atoms with Gasteiger partial charge >= 0.3 is 17.4 Å². The van der Waals surface area contributed by atoms with Gasteiger partial charge in [0, 0.05) is 30.9 Å². The number of carbonyl (C=O) groups excluding carboxylic acids is 1. The van der Waals surface area contributed by atoms with Crippen molar-refractivity contribution in [3.8, 4) is 34.3 Å². The summed E-state index contributed by atoms with van der Waals surface area (Å²) in [7, 11) is 0. The number of fused-ring (bicyclic) bond motifs is 1. The maximum atomic E-state index is 13.7. The lowest BCUT2D eigenvalue weighted by atomic mass is 9.99. The molecule has 0 saturated carbocycles. The van der Waals surface area contributed by atoms with E-state index in [0.29, 0.717) is 34.6 Å². The number of aromatic nitrogens is 7. The molecular weight excluding hydrogens is 604 g/mol. The molecule has 6 aromatic rings. The van der Waals surface area contributed by atoms with Crippen LogP contribution in [0.15, 0.2) is 87.2 Å². The predicted molar refractivity (Wildman–Crippen MR) is 171 cm³/mol. The van der Waals surface area contributed by atoms with E-state index < -0.39 is 23.0 Å². The molecule has 1 amide bonds. The fourth-order valence-electron chi connectivity index (χ4n) is 5.79. The van der Waals surface area contributed by atoms with Crippen LogP contribution in [0.4, 0.5) is 10.5 Å². The Morgan fingerprint density at radius 2 is 1.83 bits per heavy atom. The molecule has 0 aliphatic carbocycles. The van der Waals surface area contributed by atoms with Gasteiger partial charge in [-0.15, -0.1) is 0 Å². The molecule has 1 unspecified atom stereocenters. The summed E-state index contributed by atoms with van der Waals surface area (Å²) in [4.78, 5) is 60.1. The second-order valence-electron chi connectivity index (χ2n) is 11.1. The zero-order valence-corrected chi connectivity index (χ0v) is 24.6. The number of β-amino-alcohol motifs (C(OH)–C–C–N with tert-alkyl or cyclic N) is 1. The van der Waals surface area contributed by atoms with Crippen LogP contribution < -0.4 is 22.3 Å². The van der Waals surface area contributed by atoms with Crippen molar-refractivity contribution in [1.29, 1.82) is 5.26 Å². The minimum atomic E-state index is -1.04. The van der Waals surface area contributed by atoms with Gasteiger partial charge in [-0.1, -0.05) is 48.5 Å². The van der Waals surface area contributed by atoms with Crippen LogP contribution in [0.1, 0.15) is 17.7 Å². The van der Waals surface area contributed by atoms with Crippen LogP contribution in [0.5, 0.6) is 0 Å². The number of nitrogens with one attached hydrogen (secondary N) is 4. The number of nitriles is 1. The summed E-state index contributed by atoms with van der Waals surface area (Å²) in [5.41, 5.74) is 0.971. The van der Waals surface area contributed by atoms with E-state index >= 15 is 0 Å². The van der Waals surface area contributed by atoms with Crippen LogP contribution in [0.2, 0.25) is 0 Å². The third-order valence-corrected chi connectivity index (χ3v) is 8.01.